The molecular formula is C31H22O. The number of benzene rings is 4. The number of rotatable bonds is 3. The van der Waals surface area contributed by atoms with Gasteiger partial charge < -0.3 is 5.11 Å². The highest BCUT2D eigenvalue weighted by molar-refractivity contribution is 5.80. The summed E-state index contributed by atoms with van der Waals surface area (Å²) >= 11 is 0. The SMILES string of the molecule is OCC=C(c1ccc(C#Cc2ccccc2)cc1)c1ccc(C#Cc2ccccc2)cc1. The molecule has 0 aliphatic carbocycles. The van der Waals surface area contributed by atoms with Gasteiger partial charge in [-0.2, -0.15) is 0 Å². The molecule has 0 spiro atoms. The Balaban J connectivity index is 1.53. The molecule has 0 aliphatic rings. The lowest BCUT2D eigenvalue weighted by molar-refractivity contribution is 0.343. The van der Waals surface area contributed by atoms with Crippen LogP contribution in [0.1, 0.15) is 33.4 Å². The van der Waals surface area contributed by atoms with Gasteiger partial charge in [0.1, 0.15) is 0 Å². The van der Waals surface area contributed by atoms with E-state index in [1.165, 1.54) is 0 Å². The van der Waals surface area contributed by atoms with Crippen LogP contribution in [-0.4, -0.2) is 11.7 Å². The molecule has 4 aromatic rings. The van der Waals surface area contributed by atoms with Crippen LogP contribution in [0, 0.1) is 23.7 Å². The fourth-order valence-electron chi connectivity index (χ4n) is 3.29. The monoisotopic (exact) mass is 410 g/mol. The maximum absolute atomic E-state index is 9.57. The number of hydrogen-bond acceptors (Lipinski definition) is 1. The number of aliphatic hydroxyl groups excluding tert-OH is 1. The van der Waals surface area contributed by atoms with Crippen molar-refractivity contribution in [1.82, 2.24) is 0 Å². The molecule has 0 heterocycles. The molecule has 152 valence electrons. The lowest BCUT2D eigenvalue weighted by Gasteiger charge is -2.09. The summed E-state index contributed by atoms with van der Waals surface area (Å²) in [6.45, 7) is -0.0273. The van der Waals surface area contributed by atoms with Gasteiger partial charge in [-0.3, -0.25) is 0 Å². The van der Waals surface area contributed by atoms with Crippen LogP contribution in [0.15, 0.2) is 115 Å². The van der Waals surface area contributed by atoms with E-state index in [1.54, 1.807) is 0 Å². The van der Waals surface area contributed by atoms with Crippen LogP contribution in [0.5, 0.6) is 0 Å². The highest BCUT2D eigenvalue weighted by Crippen LogP contribution is 2.24. The summed E-state index contributed by atoms with van der Waals surface area (Å²) in [4.78, 5) is 0. The summed E-state index contributed by atoms with van der Waals surface area (Å²) in [5, 5.41) is 9.57. The van der Waals surface area contributed by atoms with Gasteiger partial charge in [0.25, 0.3) is 0 Å². The maximum Gasteiger partial charge on any atom is 0.0621 e. The van der Waals surface area contributed by atoms with E-state index in [4.69, 9.17) is 0 Å². The maximum atomic E-state index is 9.57. The van der Waals surface area contributed by atoms with E-state index in [9.17, 15) is 5.11 Å². The topological polar surface area (TPSA) is 20.2 Å². The minimum absolute atomic E-state index is 0.0273. The molecule has 0 fully saturated rings. The van der Waals surface area contributed by atoms with Gasteiger partial charge >= 0.3 is 0 Å². The van der Waals surface area contributed by atoms with Crippen LogP contribution in [0.2, 0.25) is 0 Å². The zero-order valence-electron chi connectivity index (χ0n) is 17.6. The lowest BCUT2D eigenvalue weighted by Crippen LogP contribution is -1.91. The van der Waals surface area contributed by atoms with Crippen molar-refractivity contribution < 1.29 is 5.11 Å². The summed E-state index contributed by atoms with van der Waals surface area (Å²) in [7, 11) is 0. The molecule has 0 saturated carbocycles. The first kappa shape index (κ1) is 21.0. The Morgan fingerprint density at radius 3 is 1.19 bits per heavy atom. The molecule has 1 nitrogen and oxygen atoms in total. The second-order valence-electron chi connectivity index (χ2n) is 7.19. The van der Waals surface area contributed by atoms with Gasteiger partial charge in [-0.1, -0.05) is 90.4 Å². The van der Waals surface area contributed by atoms with Crippen molar-refractivity contribution in [3.8, 4) is 23.7 Å². The molecule has 4 aromatic carbocycles. The van der Waals surface area contributed by atoms with Crippen molar-refractivity contribution in [3.63, 3.8) is 0 Å². The average Bonchev–Trinajstić information content (AvgIpc) is 2.87. The summed E-state index contributed by atoms with van der Waals surface area (Å²) in [5.41, 5.74) is 6.94. The molecule has 0 aliphatic heterocycles. The molecule has 0 aromatic heterocycles. The Kier molecular flexibility index (Phi) is 6.97. The Bertz CT molecular complexity index is 1200. The van der Waals surface area contributed by atoms with Gasteiger partial charge in [-0.25, -0.2) is 0 Å². The van der Waals surface area contributed by atoms with Crippen molar-refractivity contribution in [3.05, 3.63) is 149 Å². The Morgan fingerprint density at radius 1 is 0.500 bits per heavy atom. The fraction of sp³-hybridized carbons (Fsp3) is 0.0323. The second-order valence-corrected chi connectivity index (χ2v) is 7.19. The van der Waals surface area contributed by atoms with Gasteiger partial charge in [0.05, 0.1) is 6.61 Å². The summed E-state index contributed by atoms with van der Waals surface area (Å²) in [6, 6.07) is 36.1. The van der Waals surface area contributed by atoms with E-state index < -0.39 is 0 Å². The van der Waals surface area contributed by atoms with Crippen LogP contribution >= 0.6 is 0 Å². The summed E-state index contributed by atoms with van der Waals surface area (Å²) in [6.07, 6.45) is 1.83. The predicted octanol–water partition coefficient (Wildman–Crippen LogP) is 5.91. The quantitative estimate of drug-likeness (QED) is 0.416. The number of aliphatic hydroxyl groups is 1. The van der Waals surface area contributed by atoms with E-state index in [2.05, 4.69) is 23.7 Å². The predicted molar refractivity (Wildman–Crippen MR) is 132 cm³/mol. The molecule has 4 rings (SSSR count). The van der Waals surface area contributed by atoms with E-state index in [0.29, 0.717) is 0 Å². The first-order valence-corrected chi connectivity index (χ1v) is 10.5. The van der Waals surface area contributed by atoms with Gasteiger partial charge in [-0.15, -0.1) is 0 Å². The smallest absolute Gasteiger partial charge is 0.0621 e. The number of hydrogen-bond donors (Lipinski definition) is 1. The zero-order valence-corrected chi connectivity index (χ0v) is 17.6. The third-order valence-electron chi connectivity index (χ3n) is 4.94. The largest absolute Gasteiger partial charge is 0.392 e. The molecule has 1 N–H and O–H groups in total. The third kappa shape index (κ3) is 5.65. The van der Waals surface area contributed by atoms with Gasteiger partial charge in [-0.05, 0) is 65.2 Å². The van der Waals surface area contributed by atoms with Crippen LogP contribution < -0.4 is 0 Å². The normalized spacial score (nSPS) is 9.66. The fourth-order valence-corrected chi connectivity index (χ4v) is 3.29. The molecular weight excluding hydrogens is 388 g/mol. The first-order valence-electron chi connectivity index (χ1n) is 10.5. The average molecular weight is 411 g/mol. The molecule has 1 heteroatoms. The molecule has 0 saturated heterocycles. The van der Waals surface area contributed by atoms with Crippen molar-refractivity contribution in [2.45, 2.75) is 0 Å². The minimum Gasteiger partial charge on any atom is -0.392 e. The van der Waals surface area contributed by atoms with Crippen molar-refractivity contribution >= 4 is 5.57 Å². The van der Waals surface area contributed by atoms with Crippen molar-refractivity contribution in [2.24, 2.45) is 0 Å². The minimum atomic E-state index is -0.0273. The first-order chi connectivity index (χ1) is 15.8. The summed E-state index contributed by atoms with van der Waals surface area (Å²) in [5.74, 6) is 12.8. The standard InChI is InChI=1S/C31H22O/c32-24-23-31(29-19-15-27(16-20-29)13-11-25-7-3-1-4-8-25)30-21-17-28(18-22-30)14-12-26-9-5-2-6-10-26/h1-10,15-23,32H,24H2. The van der Waals surface area contributed by atoms with E-state index in [0.717, 1.165) is 39.0 Å². The van der Waals surface area contributed by atoms with Crippen LogP contribution in [0.4, 0.5) is 0 Å². The van der Waals surface area contributed by atoms with Crippen molar-refractivity contribution in [2.75, 3.05) is 6.61 Å². The molecule has 0 amide bonds. The van der Waals surface area contributed by atoms with Gasteiger partial charge in [0, 0.05) is 22.3 Å². The Labute approximate surface area is 189 Å². The molecule has 32 heavy (non-hydrogen) atoms. The molecule has 0 unspecified atom stereocenters. The third-order valence-corrected chi connectivity index (χ3v) is 4.94. The van der Waals surface area contributed by atoms with Gasteiger partial charge in [0.15, 0.2) is 0 Å². The van der Waals surface area contributed by atoms with Crippen LogP contribution in [0.3, 0.4) is 0 Å². The van der Waals surface area contributed by atoms with E-state index in [-0.39, 0.29) is 6.61 Å². The van der Waals surface area contributed by atoms with E-state index in [1.807, 2.05) is 115 Å². The molecule has 0 atom stereocenters. The van der Waals surface area contributed by atoms with Crippen LogP contribution in [-0.2, 0) is 0 Å². The molecule has 0 radical (unpaired) electrons. The van der Waals surface area contributed by atoms with Crippen LogP contribution in [0.25, 0.3) is 5.57 Å². The lowest BCUT2D eigenvalue weighted by atomic mass is 9.96. The van der Waals surface area contributed by atoms with Gasteiger partial charge in [0.2, 0.25) is 0 Å². The van der Waals surface area contributed by atoms with Crippen molar-refractivity contribution in [1.29, 1.82) is 0 Å². The molecule has 0 bridgehead atoms. The Morgan fingerprint density at radius 2 is 0.844 bits per heavy atom. The highest BCUT2D eigenvalue weighted by atomic mass is 16.2. The second kappa shape index (κ2) is 10.6. The summed E-state index contributed by atoms with van der Waals surface area (Å²) < 4.78 is 0. The van der Waals surface area contributed by atoms with E-state index >= 15 is 0 Å². The Hall–Kier alpha value is -4.30. The highest BCUT2D eigenvalue weighted by Gasteiger charge is 2.05. The zero-order chi connectivity index (χ0) is 22.0.